The molecule has 0 spiro atoms. The zero-order valence-electron chi connectivity index (χ0n) is 23.2. The van der Waals surface area contributed by atoms with Crippen LogP contribution in [0.4, 0.5) is 8.63 Å². The molecule has 1 saturated carbocycles. The normalized spacial score (nSPS) is 21.4. The molecule has 0 aromatic carbocycles. The van der Waals surface area contributed by atoms with E-state index in [0.717, 1.165) is 23.5 Å². The molecule has 37 heavy (non-hydrogen) atoms. The van der Waals surface area contributed by atoms with E-state index in [1.165, 1.54) is 69.6 Å². The summed E-state index contributed by atoms with van der Waals surface area (Å²) in [6, 6.07) is 7.64. The van der Waals surface area contributed by atoms with Crippen LogP contribution in [0.1, 0.15) is 84.3 Å². The quantitative estimate of drug-likeness (QED) is 0.203. The predicted octanol–water partition coefficient (Wildman–Crippen LogP) is 6.85. The summed E-state index contributed by atoms with van der Waals surface area (Å²) < 4.78 is 28.1. The standard InChI is InChI=1S/C30H44BF2N4/c1-5-8-12-24(7-3)22-36(28-18-16-26(28)13-9-6-2)23-25-15-17-29(35(4)21-25)27(20-34)30-14-10-11-19-37(30)31(32)33/h10-11,14-15,17,19,21,24,26,28H,5-9,12-13,16,18,22-23H2,1-4H3/q+1/t24?,26?,28-/m1/s1. The molecule has 2 heterocycles. The molecule has 200 valence electrons. The highest BCUT2D eigenvalue weighted by molar-refractivity contribution is 6.31. The summed E-state index contributed by atoms with van der Waals surface area (Å²) in [4.78, 5) is 4.64. The van der Waals surface area contributed by atoms with Crippen molar-refractivity contribution in [2.24, 2.45) is 11.8 Å². The Hall–Kier alpha value is -2.46. The molecule has 3 rings (SSSR count). The van der Waals surface area contributed by atoms with Gasteiger partial charge in [-0.2, -0.15) is 5.26 Å². The molecule has 0 amide bonds. The zero-order valence-corrected chi connectivity index (χ0v) is 23.2. The number of hydrogen-bond acceptors (Lipinski definition) is 3. The summed E-state index contributed by atoms with van der Waals surface area (Å²) in [5.41, 5.74) is 2.30. The van der Waals surface area contributed by atoms with Gasteiger partial charge in [-0.1, -0.05) is 59.0 Å². The monoisotopic (exact) mass is 509 g/mol. The Morgan fingerprint density at radius 2 is 1.97 bits per heavy atom. The van der Waals surface area contributed by atoms with Crippen molar-refractivity contribution in [3.05, 3.63) is 59.7 Å². The van der Waals surface area contributed by atoms with E-state index >= 15 is 0 Å². The van der Waals surface area contributed by atoms with E-state index in [2.05, 4.69) is 44.0 Å². The highest BCUT2D eigenvalue weighted by Crippen LogP contribution is 2.37. The lowest BCUT2D eigenvalue weighted by Crippen LogP contribution is -2.49. The van der Waals surface area contributed by atoms with E-state index in [9.17, 15) is 13.9 Å². The second-order valence-corrected chi connectivity index (χ2v) is 10.7. The van der Waals surface area contributed by atoms with Gasteiger partial charge in [0.15, 0.2) is 0 Å². The van der Waals surface area contributed by atoms with Gasteiger partial charge in [0.05, 0.1) is 5.70 Å². The number of unbranched alkanes of at least 4 members (excludes halogenated alkanes) is 2. The van der Waals surface area contributed by atoms with E-state index < -0.39 is 7.40 Å². The first-order chi connectivity index (χ1) is 17.9. The van der Waals surface area contributed by atoms with Crippen LogP contribution in [0.25, 0.3) is 5.57 Å². The molecule has 2 aliphatic rings. The van der Waals surface area contributed by atoms with Crippen molar-refractivity contribution in [2.45, 2.75) is 84.6 Å². The number of allylic oxidation sites excluding steroid dienone is 2. The van der Waals surface area contributed by atoms with Crippen LogP contribution in [0.3, 0.4) is 0 Å². The van der Waals surface area contributed by atoms with E-state index in [4.69, 9.17) is 0 Å². The Bertz CT molecular complexity index is 1010. The fraction of sp³-hybridized carbons (Fsp3) is 0.600. The molecule has 0 saturated heterocycles. The van der Waals surface area contributed by atoms with Gasteiger partial charge in [-0.05, 0) is 61.3 Å². The third-order valence-corrected chi connectivity index (χ3v) is 8.12. The minimum absolute atomic E-state index is 0.222. The molecule has 1 aliphatic heterocycles. The Kier molecular flexibility index (Phi) is 11.4. The molecule has 1 aliphatic carbocycles. The maximum atomic E-state index is 13.6. The van der Waals surface area contributed by atoms with Crippen LogP contribution in [0, 0.1) is 23.2 Å². The second kappa shape index (κ2) is 14.5. The van der Waals surface area contributed by atoms with Crippen molar-refractivity contribution in [3.8, 4) is 6.07 Å². The highest BCUT2D eigenvalue weighted by atomic mass is 19.2. The minimum atomic E-state index is -2.71. The molecule has 0 radical (unpaired) electrons. The summed E-state index contributed by atoms with van der Waals surface area (Å²) in [5.74, 6) is 1.50. The van der Waals surface area contributed by atoms with Crippen LogP contribution in [0.15, 0.2) is 54.0 Å². The number of nitriles is 1. The minimum Gasteiger partial charge on any atom is -0.349 e. The first-order valence-electron chi connectivity index (χ1n) is 14.2. The summed E-state index contributed by atoms with van der Waals surface area (Å²) >= 11 is 0. The third kappa shape index (κ3) is 7.54. The maximum absolute atomic E-state index is 13.6. The lowest BCUT2D eigenvalue weighted by Gasteiger charge is -2.46. The highest BCUT2D eigenvalue weighted by Gasteiger charge is 2.37. The predicted molar refractivity (Wildman–Crippen MR) is 148 cm³/mol. The van der Waals surface area contributed by atoms with Crippen LogP contribution in [0.5, 0.6) is 0 Å². The summed E-state index contributed by atoms with van der Waals surface area (Å²) in [6.07, 6.45) is 18.9. The maximum Gasteiger partial charge on any atom is 0.934 e. The van der Waals surface area contributed by atoms with E-state index in [1.54, 1.807) is 18.2 Å². The van der Waals surface area contributed by atoms with E-state index in [0.29, 0.717) is 17.7 Å². The number of hydrogen-bond donors (Lipinski definition) is 0. The molecule has 1 aromatic rings. The average Bonchev–Trinajstić information content (AvgIpc) is 2.87. The van der Waals surface area contributed by atoms with E-state index in [1.807, 2.05) is 18.0 Å². The van der Waals surface area contributed by atoms with Gasteiger partial charge in [0.2, 0.25) is 5.69 Å². The Labute approximate surface area is 223 Å². The summed E-state index contributed by atoms with van der Waals surface area (Å²) in [7, 11) is -0.806. The summed E-state index contributed by atoms with van der Waals surface area (Å²) in [5, 5.41) is 9.92. The van der Waals surface area contributed by atoms with Crippen LogP contribution < -0.4 is 4.48 Å². The average molecular weight is 510 g/mol. The van der Waals surface area contributed by atoms with Gasteiger partial charge in [0.25, 0.3) is 0 Å². The van der Waals surface area contributed by atoms with Crippen molar-refractivity contribution >= 4 is 13.0 Å². The van der Waals surface area contributed by atoms with Crippen LogP contribution >= 0.6 is 0 Å². The smallest absolute Gasteiger partial charge is 0.349 e. The lowest BCUT2D eigenvalue weighted by atomic mass is 9.75. The first kappa shape index (κ1) is 29.1. The molecular formula is C30H44BF2N4+. The van der Waals surface area contributed by atoms with Crippen molar-refractivity contribution in [3.63, 3.8) is 0 Å². The molecule has 7 heteroatoms. The number of halogens is 2. The van der Waals surface area contributed by atoms with Gasteiger partial charge in [-0.25, -0.2) is 13.1 Å². The molecule has 3 atom stereocenters. The Balaban J connectivity index is 1.82. The number of aromatic nitrogens is 1. The van der Waals surface area contributed by atoms with Gasteiger partial charge in [-0.15, -0.1) is 0 Å². The van der Waals surface area contributed by atoms with Crippen molar-refractivity contribution in [2.75, 3.05) is 20.1 Å². The van der Waals surface area contributed by atoms with Gasteiger partial charge in [0.1, 0.15) is 17.8 Å². The van der Waals surface area contributed by atoms with Crippen LogP contribution in [0.2, 0.25) is 0 Å². The molecule has 2 unspecified atom stereocenters. The number of likely N-dealkylation sites (N-methyl/N-ethyl adjacent to an activating group) is 1. The van der Waals surface area contributed by atoms with Gasteiger partial charge in [0, 0.05) is 38.4 Å². The van der Waals surface area contributed by atoms with Crippen LogP contribution in [-0.4, -0.2) is 43.4 Å². The van der Waals surface area contributed by atoms with Crippen molar-refractivity contribution < 1.29 is 13.1 Å². The molecule has 0 N–H and O–H groups in total. The SMILES string of the molecule is CCCCC(CC)CN(CC1=CN(C)/C(=C(/C#N)c2cccc[n+]2B(F)F)C=C1)[C@@H]1CCC1CCCC. The van der Waals surface area contributed by atoms with Crippen molar-refractivity contribution in [1.29, 1.82) is 5.26 Å². The zero-order chi connectivity index (χ0) is 26.8. The largest absolute Gasteiger partial charge is 0.934 e. The first-order valence-corrected chi connectivity index (χ1v) is 14.2. The van der Waals surface area contributed by atoms with Crippen molar-refractivity contribution in [1.82, 2.24) is 9.80 Å². The van der Waals surface area contributed by atoms with Crippen LogP contribution in [-0.2, 0) is 0 Å². The summed E-state index contributed by atoms with van der Waals surface area (Å²) in [6.45, 7) is 8.87. The molecule has 0 bridgehead atoms. The second-order valence-electron chi connectivity index (χ2n) is 10.7. The number of rotatable bonds is 14. The molecular weight excluding hydrogens is 465 g/mol. The van der Waals surface area contributed by atoms with Gasteiger partial charge >= 0.3 is 7.40 Å². The third-order valence-electron chi connectivity index (χ3n) is 8.12. The molecule has 1 fully saturated rings. The van der Waals surface area contributed by atoms with Gasteiger partial charge < -0.3 is 4.90 Å². The molecule has 4 nitrogen and oxygen atoms in total. The Morgan fingerprint density at radius 3 is 2.57 bits per heavy atom. The van der Waals surface area contributed by atoms with Gasteiger partial charge in [-0.3, -0.25) is 4.90 Å². The number of pyridine rings is 1. The Morgan fingerprint density at radius 1 is 1.19 bits per heavy atom. The molecule has 1 aromatic heterocycles. The fourth-order valence-electron chi connectivity index (χ4n) is 5.74. The topological polar surface area (TPSA) is 34.1 Å². The number of nitrogens with zero attached hydrogens (tertiary/aromatic N) is 4. The van der Waals surface area contributed by atoms with E-state index in [-0.39, 0.29) is 11.3 Å². The lowest BCUT2D eigenvalue weighted by molar-refractivity contribution is -0.557. The fourth-order valence-corrected chi connectivity index (χ4v) is 5.74.